The van der Waals surface area contributed by atoms with Gasteiger partial charge in [0.25, 0.3) is 0 Å². The van der Waals surface area contributed by atoms with E-state index in [0.29, 0.717) is 11.4 Å². The summed E-state index contributed by atoms with van der Waals surface area (Å²) in [7, 11) is 2.21. The highest BCUT2D eigenvalue weighted by atomic mass is 32.1. The molecule has 1 fully saturated rings. The van der Waals surface area contributed by atoms with Gasteiger partial charge in [-0.2, -0.15) is 0 Å². The van der Waals surface area contributed by atoms with E-state index >= 15 is 0 Å². The zero-order valence-electron chi connectivity index (χ0n) is 27.9. The summed E-state index contributed by atoms with van der Waals surface area (Å²) in [5.74, 6) is 2.95. The normalized spacial score (nSPS) is 15.4. The number of likely N-dealkylation sites (N-methyl/N-ethyl adjacent to an activating group) is 1. The second-order valence-electron chi connectivity index (χ2n) is 13.5. The molecule has 2 aromatic heterocycles. The first kappa shape index (κ1) is 33.3. The van der Waals surface area contributed by atoms with Gasteiger partial charge in [0.05, 0.1) is 10.1 Å². The van der Waals surface area contributed by atoms with Gasteiger partial charge in [0.15, 0.2) is 0 Å². The van der Waals surface area contributed by atoms with E-state index < -0.39 is 0 Å². The molecule has 1 aliphatic carbocycles. The number of fused-ring (bicyclic) bond motifs is 1. The van der Waals surface area contributed by atoms with Gasteiger partial charge < -0.3 is 24.7 Å². The number of furan rings is 1. The quantitative estimate of drug-likeness (QED) is 0.100. The number of hydrogen-bond donors (Lipinski definition) is 3. The third kappa shape index (κ3) is 8.08. The van der Waals surface area contributed by atoms with Crippen LogP contribution in [-0.2, 0) is 31.1 Å². The first-order valence-electron chi connectivity index (χ1n) is 17.4. The molecule has 1 saturated carbocycles. The van der Waals surface area contributed by atoms with Crippen molar-refractivity contribution in [2.45, 2.75) is 70.1 Å². The van der Waals surface area contributed by atoms with Gasteiger partial charge in [-0.25, -0.2) is 0 Å². The van der Waals surface area contributed by atoms with Crippen molar-refractivity contribution in [1.29, 1.82) is 0 Å². The Balaban J connectivity index is 0.930. The van der Waals surface area contributed by atoms with Crippen molar-refractivity contribution >= 4 is 21.6 Å². The first-order chi connectivity index (χ1) is 22.9. The molecule has 6 nitrogen and oxygen atoms in total. The van der Waals surface area contributed by atoms with Gasteiger partial charge in [0.1, 0.15) is 22.8 Å². The fourth-order valence-electron chi connectivity index (χ4n) is 7.29. The number of phenols is 1. The number of nitrogens with zero attached hydrogens (tertiary/aromatic N) is 1. The minimum atomic E-state index is -0.134. The number of phenolic OH excluding ortho intramolecular Hbond substituents is 1. The number of rotatable bonds is 15. The molecule has 5 aromatic rings. The van der Waals surface area contributed by atoms with Gasteiger partial charge in [0.2, 0.25) is 0 Å². The second kappa shape index (κ2) is 15.5. The Morgan fingerprint density at radius 2 is 1.57 bits per heavy atom. The number of aromatic amines is 1. The maximum Gasteiger partial charge on any atom is 0.305 e. The van der Waals surface area contributed by atoms with E-state index in [1.165, 1.54) is 48.8 Å². The summed E-state index contributed by atoms with van der Waals surface area (Å²) in [6.07, 6.45) is 10.3. The first-order valence-corrected chi connectivity index (χ1v) is 18.2. The summed E-state index contributed by atoms with van der Waals surface area (Å²) < 4.78 is 7.47. The molecule has 7 heteroatoms. The van der Waals surface area contributed by atoms with Crippen molar-refractivity contribution < 1.29 is 9.52 Å². The topological polar surface area (TPSA) is 81.5 Å². The second-order valence-corrected chi connectivity index (χ2v) is 14.5. The molecular weight excluding hydrogens is 603 g/mol. The van der Waals surface area contributed by atoms with E-state index in [1.54, 1.807) is 6.07 Å². The van der Waals surface area contributed by atoms with Gasteiger partial charge in [-0.05, 0) is 106 Å². The Morgan fingerprint density at radius 3 is 2.34 bits per heavy atom. The maximum absolute atomic E-state index is 11.7. The summed E-state index contributed by atoms with van der Waals surface area (Å²) in [5.41, 5.74) is 5.61. The number of hydrogen-bond acceptors (Lipinski definition) is 6. The third-order valence-electron chi connectivity index (χ3n) is 10.3. The zero-order valence-corrected chi connectivity index (χ0v) is 28.7. The van der Waals surface area contributed by atoms with Crippen LogP contribution in [-0.4, -0.2) is 48.2 Å². The summed E-state index contributed by atoms with van der Waals surface area (Å²) in [4.78, 5) is 16.7. The Labute approximate surface area is 282 Å². The number of thiazole rings is 1. The zero-order chi connectivity index (χ0) is 32.6. The summed E-state index contributed by atoms with van der Waals surface area (Å²) in [5, 5.41) is 13.5. The van der Waals surface area contributed by atoms with Gasteiger partial charge in [-0.3, -0.25) is 4.79 Å². The number of nitrogens with one attached hydrogen (secondary N) is 2. The van der Waals surface area contributed by atoms with Gasteiger partial charge >= 0.3 is 4.87 Å². The lowest BCUT2D eigenvalue weighted by Gasteiger charge is -2.39. The average Bonchev–Trinajstić information content (AvgIpc) is 3.76. The molecule has 0 radical (unpaired) electrons. The largest absolute Gasteiger partial charge is 0.506 e. The number of aromatic nitrogens is 1. The van der Waals surface area contributed by atoms with E-state index in [4.69, 9.17) is 4.42 Å². The summed E-state index contributed by atoms with van der Waals surface area (Å²) in [6.45, 7) is 6.11. The fraction of sp³-hybridized carbons (Fsp3) is 0.425. The third-order valence-corrected chi connectivity index (χ3v) is 11.3. The summed E-state index contributed by atoms with van der Waals surface area (Å²) >= 11 is 1.16. The Bertz CT molecular complexity index is 1770. The Kier molecular flexibility index (Phi) is 11.0. The highest BCUT2D eigenvalue weighted by molar-refractivity contribution is 7.16. The average molecular weight is 652 g/mol. The molecule has 0 aliphatic heterocycles. The van der Waals surface area contributed by atoms with Crippen LogP contribution in [0.3, 0.4) is 0 Å². The van der Waals surface area contributed by atoms with Crippen LogP contribution >= 0.6 is 11.3 Å². The molecule has 0 spiro atoms. The van der Waals surface area contributed by atoms with Crippen LogP contribution in [0.4, 0.5) is 0 Å². The number of benzene rings is 3. The van der Waals surface area contributed by atoms with E-state index in [0.717, 1.165) is 85.0 Å². The molecule has 0 bridgehead atoms. The van der Waals surface area contributed by atoms with E-state index in [-0.39, 0.29) is 16.0 Å². The van der Waals surface area contributed by atoms with Crippen LogP contribution in [0.25, 0.3) is 10.2 Å². The van der Waals surface area contributed by atoms with Gasteiger partial charge in [0, 0.05) is 19.5 Å². The Morgan fingerprint density at radius 1 is 0.872 bits per heavy atom. The highest BCUT2D eigenvalue weighted by Crippen LogP contribution is 2.46. The fourth-order valence-corrected chi connectivity index (χ4v) is 8.19. The summed E-state index contributed by atoms with van der Waals surface area (Å²) in [6, 6.07) is 28.0. The Hall–Kier alpha value is -3.65. The molecule has 47 heavy (non-hydrogen) atoms. The van der Waals surface area contributed by atoms with Crippen LogP contribution in [0.1, 0.15) is 72.8 Å². The monoisotopic (exact) mass is 651 g/mol. The smallest absolute Gasteiger partial charge is 0.305 e. The molecule has 1 aliphatic rings. The number of H-pyrrole nitrogens is 1. The van der Waals surface area contributed by atoms with Gasteiger partial charge in [-0.15, -0.1) is 0 Å². The van der Waals surface area contributed by atoms with Crippen LogP contribution in [0.15, 0.2) is 88.1 Å². The molecule has 1 atom stereocenters. The molecule has 2 heterocycles. The molecule has 3 N–H and O–H groups in total. The predicted octanol–water partition coefficient (Wildman–Crippen LogP) is 7.87. The van der Waals surface area contributed by atoms with Crippen molar-refractivity contribution in [1.82, 2.24) is 15.2 Å². The lowest BCUT2D eigenvalue weighted by Crippen LogP contribution is -2.34. The lowest BCUT2D eigenvalue weighted by atomic mass is 9.65. The van der Waals surface area contributed by atoms with Crippen LogP contribution < -0.4 is 10.2 Å². The molecule has 6 rings (SSSR count). The predicted molar refractivity (Wildman–Crippen MR) is 194 cm³/mol. The van der Waals surface area contributed by atoms with Crippen molar-refractivity contribution in [2.24, 2.45) is 5.92 Å². The van der Waals surface area contributed by atoms with E-state index in [1.807, 2.05) is 6.07 Å². The minimum Gasteiger partial charge on any atom is -0.506 e. The molecule has 0 amide bonds. The molecule has 0 saturated heterocycles. The highest BCUT2D eigenvalue weighted by Gasteiger charge is 2.40. The lowest BCUT2D eigenvalue weighted by molar-refractivity contribution is 0.220. The SMILES string of the molecule is CN(CCc1ccc(CCNCCc2ccc(O)c3[nH]c(=O)sc23)cc1)CCc1ccc(C(C)(c2ccccc2)C2CCCCC2)o1. The molecular formula is C40H49N3O3S. The van der Waals surface area contributed by atoms with Crippen LogP contribution in [0, 0.1) is 5.92 Å². The van der Waals surface area contributed by atoms with Crippen molar-refractivity contribution in [2.75, 3.05) is 33.2 Å². The van der Waals surface area contributed by atoms with Crippen LogP contribution in [0.2, 0.25) is 0 Å². The molecule has 248 valence electrons. The van der Waals surface area contributed by atoms with Crippen LogP contribution in [0.5, 0.6) is 5.75 Å². The molecule has 1 unspecified atom stereocenters. The minimum absolute atomic E-state index is 0.0816. The van der Waals surface area contributed by atoms with E-state index in [2.05, 4.69) is 95.9 Å². The number of aromatic hydroxyl groups is 1. The van der Waals surface area contributed by atoms with Crippen molar-refractivity contribution in [3.05, 3.63) is 122 Å². The maximum atomic E-state index is 11.7. The van der Waals surface area contributed by atoms with Gasteiger partial charge in [-0.1, -0.05) is 91.3 Å². The standard InChI is InChI=1S/C40H49N3O3S/c1-40(32-9-5-3-6-10-32,33-11-7-4-8-12-33)36-20-18-34(46-36)24-28-43(2)27-23-30-15-13-29(14-16-30)21-25-41-26-22-31-17-19-35(44)37-38(31)47-39(45)42-37/h3,5-6,9-10,13-20,33,41,44H,4,7-8,11-12,21-28H2,1-2H3,(H,42,45). The van der Waals surface area contributed by atoms with E-state index in [9.17, 15) is 9.90 Å². The van der Waals surface area contributed by atoms with Crippen molar-refractivity contribution in [3.8, 4) is 5.75 Å². The molecule has 3 aromatic carbocycles. The van der Waals surface area contributed by atoms with Crippen molar-refractivity contribution in [3.63, 3.8) is 0 Å².